The van der Waals surface area contributed by atoms with Crippen molar-refractivity contribution in [1.82, 2.24) is 0 Å². The zero-order valence-electron chi connectivity index (χ0n) is 20.3. The molecule has 0 heteroatoms. The van der Waals surface area contributed by atoms with Gasteiger partial charge in [0.2, 0.25) is 0 Å². The molecule has 0 aliphatic heterocycles. The van der Waals surface area contributed by atoms with Gasteiger partial charge in [0, 0.05) is 11.1 Å². The van der Waals surface area contributed by atoms with Gasteiger partial charge in [0.1, 0.15) is 0 Å². The lowest BCUT2D eigenvalue weighted by Gasteiger charge is -2.29. The molecule has 0 N–H and O–H groups in total. The van der Waals surface area contributed by atoms with Gasteiger partial charge < -0.3 is 0 Å². The van der Waals surface area contributed by atoms with Gasteiger partial charge in [-0.3, -0.25) is 0 Å². The molecule has 0 aromatic heterocycles. The molecule has 1 aliphatic carbocycles. The molecule has 158 valence electrons. The lowest BCUT2D eigenvalue weighted by atomic mass is 9.76. The van der Waals surface area contributed by atoms with Crippen LogP contribution >= 0.6 is 0 Å². The van der Waals surface area contributed by atoms with Crippen molar-refractivity contribution in [3.63, 3.8) is 0 Å². The Hall–Kier alpha value is -2.26. The van der Waals surface area contributed by atoms with E-state index in [9.17, 15) is 0 Å². The Kier molecular flexibility index (Phi) is 6.92. The number of aryl methyl sites for hydroxylation is 3. The van der Waals surface area contributed by atoms with Gasteiger partial charge in [-0.15, -0.1) is 0 Å². The third-order valence-electron chi connectivity index (χ3n) is 7.48. The molecule has 0 nitrogen and oxygen atoms in total. The Morgan fingerprint density at radius 3 is 1.77 bits per heavy atom. The minimum absolute atomic E-state index is 0.704. The summed E-state index contributed by atoms with van der Waals surface area (Å²) < 4.78 is 0. The van der Waals surface area contributed by atoms with Gasteiger partial charge in [-0.1, -0.05) is 36.1 Å². The topological polar surface area (TPSA) is 0 Å². The van der Waals surface area contributed by atoms with Crippen LogP contribution in [-0.2, 0) is 0 Å². The Balaban J connectivity index is 1.95. The van der Waals surface area contributed by atoms with E-state index in [2.05, 4.69) is 91.5 Å². The van der Waals surface area contributed by atoms with Crippen LogP contribution in [0.1, 0.15) is 94.2 Å². The zero-order chi connectivity index (χ0) is 22.0. The Morgan fingerprint density at radius 2 is 1.20 bits per heavy atom. The highest BCUT2D eigenvalue weighted by atomic mass is 14.3. The second-order valence-electron chi connectivity index (χ2n) is 9.43. The third-order valence-corrected chi connectivity index (χ3v) is 7.48. The van der Waals surface area contributed by atoms with E-state index in [0.29, 0.717) is 5.92 Å². The monoisotopic (exact) mass is 398 g/mol. The average molecular weight is 399 g/mol. The first kappa shape index (κ1) is 22.4. The van der Waals surface area contributed by atoms with Gasteiger partial charge in [0.05, 0.1) is 0 Å². The first-order valence-electron chi connectivity index (χ1n) is 11.6. The van der Waals surface area contributed by atoms with E-state index in [-0.39, 0.29) is 0 Å². The molecule has 0 heterocycles. The molecule has 2 aromatic carbocycles. The highest BCUT2D eigenvalue weighted by Crippen LogP contribution is 2.39. The highest BCUT2D eigenvalue weighted by Gasteiger charge is 2.23. The zero-order valence-corrected chi connectivity index (χ0v) is 20.3. The Labute approximate surface area is 184 Å². The lowest BCUT2D eigenvalue weighted by molar-refractivity contribution is 0.374. The summed E-state index contributed by atoms with van der Waals surface area (Å²) in [4.78, 5) is 0. The van der Waals surface area contributed by atoms with Crippen molar-refractivity contribution in [3.05, 3.63) is 79.9 Å². The second-order valence-corrected chi connectivity index (χ2v) is 9.43. The molecule has 0 unspecified atom stereocenters. The van der Waals surface area contributed by atoms with Crippen LogP contribution in [0.25, 0.3) is 0 Å². The summed E-state index contributed by atoms with van der Waals surface area (Å²) in [5, 5.41) is 0. The molecule has 0 radical (unpaired) electrons. The number of hydrogen-bond acceptors (Lipinski definition) is 0. The first-order chi connectivity index (χ1) is 14.2. The summed E-state index contributed by atoms with van der Waals surface area (Å²) in [6.07, 6.45) is 9.87. The van der Waals surface area contributed by atoms with Crippen LogP contribution in [0.5, 0.6) is 0 Å². The van der Waals surface area contributed by atoms with Crippen LogP contribution in [0.3, 0.4) is 0 Å². The molecule has 1 saturated carbocycles. The number of hydrogen-bond donors (Lipinski definition) is 0. The van der Waals surface area contributed by atoms with Crippen LogP contribution in [0.2, 0.25) is 0 Å². The predicted molar refractivity (Wildman–Crippen MR) is 132 cm³/mol. The largest absolute Gasteiger partial charge is 0.0914 e. The van der Waals surface area contributed by atoms with Crippen molar-refractivity contribution in [2.24, 2.45) is 5.92 Å². The van der Waals surface area contributed by atoms with E-state index >= 15 is 0 Å². The predicted octanol–water partition coefficient (Wildman–Crippen LogP) is 8.10. The van der Waals surface area contributed by atoms with Crippen molar-refractivity contribution in [2.75, 3.05) is 0 Å². The van der Waals surface area contributed by atoms with Gasteiger partial charge in [-0.2, -0.15) is 0 Å². The van der Waals surface area contributed by atoms with E-state index in [1.165, 1.54) is 75.8 Å². The number of rotatable bonds is 2. The third kappa shape index (κ3) is 4.41. The van der Waals surface area contributed by atoms with Crippen LogP contribution in [0.4, 0.5) is 0 Å². The summed E-state index contributed by atoms with van der Waals surface area (Å²) in [7, 11) is 0. The SMILES string of the molecule is C/C=C/C1CCC(c2cc(C)c(C#Cc3c(C)cc(C)c(C)c3C)c(C)c2C)CC1. The maximum atomic E-state index is 3.56. The summed E-state index contributed by atoms with van der Waals surface area (Å²) in [5.74, 6) is 8.58. The maximum Gasteiger partial charge on any atom is 0.0310 e. The molecule has 0 saturated heterocycles. The summed E-state index contributed by atoms with van der Waals surface area (Å²) in [5.41, 5.74) is 13.4. The van der Waals surface area contributed by atoms with E-state index in [4.69, 9.17) is 0 Å². The van der Waals surface area contributed by atoms with Crippen molar-refractivity contribution >= 4 is 0 Å². The summed E-state index contributed by atoms with van der Waals surface area (Å²) in [6.45, 7) is 17.7. The van der Waals surface area contributed by atoms with Crippen molar-refractivity contribution in [3.8, 4) is 11.8 Å². The van der Waals surface area contributed by atoms with E-state index < -0.39 is 0 Å². The molecule has 1 fully saturated rings. The number of benzene rings is 2. The molecule has 1 aliphatic rings. The average Bonchev–Trinajstić information content (AvgIpc) is 2.72. The van der Waals surface area contributed by atoms with Gasteiger partial charge in [-0.05, 0) is 137 Å². The molecule has 2 aromatic rings. The smallest absolute Gasteiger partial charge is 0.0310 e. The fourth-order valence-corrected chi connectivity index (χ4v) is 5.23. The van der Waals surface area contributed by atoms with Crippen LogP contribution in [0.15, 0.2) is 24.3 Å². The standard InChI is InChI=1S/C30H38/c1-9-10-26-11-13-27(14-12-26)30-18-21(4)29(24(7)25(30)8)16-15-28-20(3)17-19(2)22(5)23(28)6/h9-10,17-18,26-27H,11-14H2,1-8H3/b10-9+. The normalized spacial score (nSPS) is 19.1. The minimum atomic E-state index is 0.704. The fourth-order valence-electron chi connectivity index (χ4n) is 5.23. The van der Waals surface area contributed by atoms with E-state index in [1.54, 1.807) is 5.56 Å². The van der Waals surface area contributed by atoms with Gasteiger partial charge in [0.25, 0.3) is 0 Å². The van der Waals surface area contributed by atoms with E-state index in [0.717, 1.165) is 5.92 Å². The summed E-state index contributed by atoms with van der Waals surface area (Å²) >= 11 is 0. The van der Waals surface area contributed by atoms with Crippen molar-refractivity contribution < 1.29 is 0 Å². The van der Waals surface area contributed by atoms with Crippen molar-refractivity contribution in [2.45, 2.75) is 87.0 Å². The van der Waals surface area contributed by atoms with Crippen LogP contribution in [-0.4, -0.2) is 0 Å². The first-order valence-corrected chi connectivity index (χ1v) is 11.6. The van der Waals surface area contributed by atoms with Gasteiger partial charge >= 0.3 is 0 Å². The minimum Gasteiger partial charge on any atom is -0.0914 e. The molecule has 30 heavy (non-hydrogen) atoms. The second kappa shape index (κ2) is 9.26. The quantitative estimate of drug-likeness (QED) is 0.354. The highest BCUT2D eigenvalue weighted by molar-refractivity contribution is 5.58. The molecule has 0 atom stereocenters. The molecule has 0 spiro atoms. The van der Waals surface area contributed by atoms with Gasteiger partial charge in [0.15, 0.2) is 0 Å². The fraction of sp³-hybridized carbons (Fsp3) is 0.467. The molecular formula is C30H38. The van der Waals surface area contributed by atoms with Crippen LogP contribution in [0, 0.1) is 66.2 Å². The van der Waals surface area contributed by atoms with E-state index in [1.807, 2.05) is 0 Å². The molecule has 0 bridgehead atoms. The Bertz CT molecular complexity index is 1030. The molecule has 0 amide bonds. The molecule has 3 rings (SSSR count). The van der Waals surface area contributed by atoms with Crippen molar-refractivity contribution in [1.29, 1.82) is 0 Å². The molecular weight excluding hydrogens is 360 g/mol. The van der Waals surface area contributed by atoms with Crippen LogP contribution < -0.4 is 0 Å². The van der Waals surface area contributed by atoms with Gasteiger partial charge in [-0.25, -0.2) is 0 Å². The lowest BCUT2D eigenvalue weighted by Crippen LogP contribution is -2.13. The maximum absolute atomic E-state index is 3.56. The number of allylic oxidation sites excluding steroid dienone is 2. The Morgan fingerprint density at radius 1 is 0.667 bits per heavy atom. The summed E-state index contributed by atoms with van der Waals surface area (Å²) in [6, 6.07) is 4.71.